The molecule has 1 heterocycles. The van der Waals surface area contributed by atoms with Crippen molar-refractivity contribution in [2.45, 2.75) is 17.2 Å². The molecule has 0 bridgehead atoms. The fourth-order valence-electron chi connectivity index (χ4n) is 2.67. The van der Waals surface area contributed by atoms with Gasteiger partial charge in [0.2, 0.25) is 5.91 Å². The van der Waals surface area contributed by atoms with Crippen molar-refractivity contribution in [3.8, 4) is 0 Å². The Morgan fingerprint density at radius 1 is 1.19 bits per heavy atom. The number of imidazole rings is 1. The van der Waals surface area contributed by atoms with Gasteiger partial charge >= 0.3 is 5.69 Å². The molecule has 0 aliphatic carbocycles. The molecule has 1 N–H and O–H groups in total. The second kappa shape index (κ2) is 7.51. The van der Waals surface area contributed by atoms with E-state index in [0.717, 1.165) is 0 Å². The summed E-state index contributed by atoms with van der Waals surface area (Å²) >= 11 is 6.22. The second-order valence-corrected chi connectivity index (χ2v) is 6.87. The van der Waals surface area contributed by atoms with Crippen LogP contribution in [0.4, 0.5) is 14.5 Å². The van der Waals surface area contributed by atoms with E-state index in [1.807, 2.05) is 0 Å². The first-order valence-corrected chi connectivity index (χ1v) is 8.81. The second-order valence-electron chi connectivity index (χ2n) is 5.46. The Kier molecular flexibility index (Phi) is 5.33. The van der Waals surface area contributed by atoms with Crippen LogP contribution in [0.3, 0.4) is 0 Å². The summed E-state index contributed by atoms with van der Waals surface area (Å²) in [5.74, 6) is -3.19. The van der Waals surface area contributed by atoms with Crippen molar-refractivity contribution in [1.29, 1.82) is 0 Å². The normalized spacial score (nSPS) is 11.3. The lowest BCUT2D eigenvalue weighted by Crippen LogP contribution is -2.28. The molecule has 2 aromatic carbocycles. The smallest absolute Gasteiger partial charge is 0.323 e. The lowest BCUT2D eigenvalue weighted by molar-refractivity contribution is -0.116. The minimum absolute atomic E-state index is 0.0859. The number of hydrogen-bond donors (Lipinski definition) is 1. The number of thioether (sulfide) groups is 1. The van der Waals surface area contributed by atoms with E-state index in [-0.39, 0.29) is 39.6 Å². The minimum Gasteiger partial charge on any atom is -0.323 e. The van der Waals surface area contributed by atoms with Crippen molar-refractivity contribution in [1.82, 2.24) is 9.13 Å². The molecule has 26 heavy (non-hydrogen) atoms. The number of halogens is 3. The maximum absolute atomic E-state index is 12.7. The van der Waals surface area contributed by atoms with Crippen molar-refractivity contribution in [3.05, 3.63) is 58.0 Å². The van der Waals surface area contributed by atoms with E-state index in [2.05, 4.69) is 5.32 Å². The highest BCUT2D eigenvalue weighted by molar-refractivity contribution is 7.99. The van der Waals surface area contributed by atoms with Crippen LogP contribution in [0.15, 0.2) is 52.2 Å². The maximum atomic E-state index is 12.7. The van der Waals surface area contributed by atoms with E-state index in [1.165, 1.54) is 21.3 Å². The number of anilines is 1. The van der Waals surface area contributed by atoms with Crippen LogP contribution < -0.4 is 11.0 Å². The Bertz CT molecular complexity index is 1030. The topological polar surface area (TPSA) is 56.0 Å². The lowest BCUT2D eigenvalue weighted by atomic mass is 10.3. The summed E-state index contributed by atoms with van der Waals surface area (Å²) in [5, 5.41) is 2.68. The number of nitrogens with zero attached hydrogens (tertiary/aromatic N) is 2. The summed E-state index contributed by atoms with van der Waals surface area (Å²) in [7, 11) is 1.62. The monoisotopic (exact) mass is 397 g/mol. The average molecular weight is 398 g/mol. The van der Waals surface area contributed by atoms with Gasteiger partial charge in [0, 0.05) is 7.05 Å². The van der Waals surface area contributed by atoms with Gasteiger partial charge in [0.15, 0.2) is 0 Å². The van der Waals surface area contributed by atoms with Gasteiger partial charge in [0.25, 0.3) is 5.76 Å². The Morgan fingerprint density at radius 2 is 1.88 bits per heavy atom. The highest BCUT2D eigenvalue weighted by Gasteiger charge is 2.17. The van der Waals surface area contributed by atoms with Gasteiger partial charge in [0.1, 0.15) is 6.54 Å². The first-order chi connectivity index (χ1) is 12.4. The van der Waals surface area contributed by atoms with Crippen LogP contribution in [0.2, 0.25) is 5.02 Å². The zero-order valence-corrected chi connectivity index (χ0v) is 15.2. The fraction of sp³-hybridized carbons (Fsp3) is 0.176. The summed E-state index contributed by atoms with van der Waals surface area (Å²) in [4.78, 5) is 24.9. The Balaban J connectivity index is 1.89. The lowest BCUT2D eigenvalue weighted by Gasteiger charge is -2.12. The summed E-state index contributed by atoms with van der Waals surface area (Å²) in [6.07, 6.45) is 0. The number of carbonyl (C=O) groups excluding carboxylic acids is 1. The molecule has 0 spiro atoms. The molecule has 3 rings (SSSR count). The Hall–Kier alpha value is -2.32. The zero-order chi connectivity index (χ0) is 18.8. The predicted octanol–water partition coefficient (Wildman–Crippen LogP) is 3.95. The van der Waals surface area contributed by atoms with Crippen LogP contribution in [0.1, 0.15) is 0 Å². The van der Waals surface area contributed by atoms with Crippen LogP contribution in [0, 0.1) is 0 Å². The van der Waals surface area contributed by atoms with Crippen LogP contribution in [-0.4, -0.2) is 20.8 Å². The number of carbonyl (C=O) groups is 1. The number of fused-ring (bicyclic) bond motifs is 1. The molecule has 0 aliphatic heterocycles. The van der Waals surface area contributed by atoms with Crippen LogP contribution in [0.5, 0.6) is 0 Å². The van der Waals surface area contributed by atoms with E-state index in [9.17, 15) is 18.4 Å². The number of para-hydroxylation sites is 2. The van der Waals surface area contributed by atoms with Gasteiger partial charge in [0.05, 0.1) is 26.6 Å². The molecule has 0 radical (unpaired) electrons. The SMILES string of the molecule is Cn1c(=O)n(CC(=O)Nc2cccc(Cl)c2SC(F)F)c2ccccc21. The third kappa shape index (κ3) is 3.61. The zero-order valence-electron chi connectivity index (χ0n) is 13.6. The summed E-state index contributed by atoms with van der Waals surface area (Å²) in [6.45, 7) is -0.245. The molecular formula is C17H14ClF2N3O2S. The molecule has 0 atom stereocenters. The Labute approximate surface area is 156 Å². The van der Waals surface area contributed by atoms with Gasteiger partial charge in [-0.25, -0.2) is 4.79 Å². The molecule has 5 nitrogen and oxygen atoms in total. The number of hydrogen-bond acceptors (Lipinski definition) is 3. The molecule has 136 valence electrons. The van der Waals surface area contributed by atoms with Crippen LogP contribution in [0.25, 0.3) is 11.0 Å². The van der Waals surface area contributed by atoms with Crippen molar-refractivity contribution in [2.24, 2.45) is 7.05 Å². The number of aryl methyl sites for hydroxylation is 1. The van der Waals surface area contributed by atoms with Crippen molar-refractivity contribution >= 4 is 46.0 Å². The number of aromatic nitrogens is 2. The van der Waals surface area contributed by atoms with Gasteiger partial charge in [-0.3, -0.25) is 13.9 Å². The van der Waals surface area contributed by atoms with Gasteiger partial charge in [-0.1, -0.05) is 41.6 Å². The highest BCUT2D eigenvalue weighted by Crippen LogP contribution is 2.37. The number of amides is 1. The van der Waals surface area contributed by atoms with E-state index in [0.29, 0.717) is 11.0 Å². The molecule has 3 aromatic rings. The number of rotatable bonds is 5. The van der Waals surface area contributed by atoms with Crippen LogP contribution in [-0.2, 0) is 18.4 Å². The third-order valence-corrected chi connectivity index (χ3v) is 5.08. The standard InChI is InChI=1S/C17H14ClF2N3O2S/c1-22-12-7-2-3-8-13(12)23(17(22)25)9-14(24)21-11-6-4-5-10(18)15(11)26-16(19)20/h2-8,16H,9H2,1H3,(H,21,24). The average Bonchev–Trinajstić information content (AvgIpc) is 2.83. The number of nitrogens with one attached hydrogen (secondary N) is 1. The van der Waals surface area contributed by atoms with E-state index in [4.69, 9.17) is 11.6 Å². The molecule has 1 aromatic heterocycles. The number of benzene rings is 2. The summed E-state index contributed by atoms with van der Waals surface area (Å²) in [5.41, 5.74) is 1.15. The van der Waals surface area contributed by atoms with Gasteiger partial charge in [-0.05, 0) is 24.3 Å². The van der Waals surface area contributed by atoms with Crippen molar-refractivity contribution < 1.29 is 13.6 Å². The number of alkyl halides is 2. The van der Waals surface area contributed by atoms with E-state index in [1.54, 1.807) is 37.4 Å². The first kappa shape index (κ1) is 18.5. The highest BCUT2D eigenvalue weighted by atomic mass is 35.5. The van der Waals surface area contributed by atoms with Gasteiger partial charge in [-0.15, -0.1) is 0 Å². The maximum Gasteiger partial charge on any atom is 0.329 e. The molecule has 0 aliphatic rings. The first-order valence-electron chi connectivity index (χ1n) is 7.56. The molecule has 0 fully saturated rings. The molecule has 0 saturated carbocycles. The Morgan fingerprint density at radius 3 is 2.58 bits per heavy atom. The molecule has 0 saturated heterocycles. The van der Waals surface area contributed by atoms with Gasteiger partial charge in [-0.2, -0.15) is 8.78 Å². The van der Waals surface area contributed by atoms with E-state index >= 15 is 0 Å². The van der Waals surface area contributed by atoms with Crippen molar-refractivity contribution in [2.75, 3.05) is 5.32 Å². The largest absolute Gasteiger partial charge is 0.329 e. The quantitative estimate of drug-likeness (QED) is 0.663. The summed E-state index contributed by atoms with van der Waals surface area (Å²) < 4.78 is 28.2. The molecule has 1 amide bonds. The predicted molar refractivity (Wildman–Crippen MR) is 99.1 cm³/mol. The van der Waals surface area contributed by atoms with E-state index < -0.39 is 11.7 Å². The van der Waals surface area contributed by atoms with Crippen LogP contribution >= 0.6 is 23.4 Å². The third-order valence-electron chi connectivity index (χ3n) is 3.80. The fourth-order valence-corrected chi connectivity index (χ4v) is 3.58. The van der Waals surface area contributed by atoms with Crippen molar-refractivity contribution in [3.63, 3.8) is 0 Å². The molecule has 9 heteroatoms. The summed E-state index contributed by atoms with van der Waals surface area (Å²) in [6, 6.07) is 11.6. The van der Waals surface area contributed by atoms with Gasteiger partial charge < -0.3 is 5.32 Å². The molecular weight excluding hydrogens is 384 g/mol. The minimum atomic E-state index is -2.67. The molecule has 0 unspecified atom stereocenters.